The van der Waals surface area contributed by atoms with E-state index in [-0.39, 0.29) is 6.61 Å². The minimum Gasteiger partial charge on any atom is -0.480 e. The van der Waals surface area contributed by atoms with Crippen molar-refractivity contribution in [3.05, 3.63) is 94.5 Å². The van der Waals surface area contributed by atoms with Crippen LogP contribution in [-0.4, -0.2) is 23.7 Å². The third-order valence-corrected chi connectivity index (χ3v) is 5.20. The highest BCUT2D eigenvalue weighted by molar-refractivity contribution is 6.30. The maximum atomic E-state index is 11.3. The van der Waals surface area contributed by atoms with Gasteiger partial charge in [-0.1, -0.05) is 72.3 Å². The lowest BCUT2D eigenvalue weighted by Gasteiger charge is -2.33. The van der Waals surface area contributed by atoms with Crippen LogP contribution in [0.15, 0.2) is 72.8 Å². The van der Waals surface area contributed by atoms with E-state index >= 15 is 0 Å². The monoisotopic (exact) mass is 379 g/mol. The van der Waals surface area contributed by atoms with E-state index in [4.69, 9.17) is 22.1 Å². The maximum absolute atomic E-state index is 11.3. The van der Waals surface area contributed by atoms with E-state index < -0.39 is 17.6 Å². The van der Waals surface area contributed by atoms with Gasteiger partial charge in [0.25, 0.3) is 0 Å². The van der Waals surface area contributed by atoms with E-state index in [1.807, 2.05) is 72.8 Å². The highest BCUT2D eigenvalue weighted by Gasteiger charge is 2.46. The van der Waals surface area contributed by atoms with E-state index in [0.717, 1.165) is 27.8 Å². The fourth-order valence-electron chi connectivity index (χ4n) is 3.72. The molecule has 0 radical (unpaired) electrons. The Morgan fingerprint density at radius 1 is 0.963 bits per heavy atom. The van der Waals surface area contributed by atoms with Crippen LogP contribution in [0.4, 0.5) is 0 Å². The van der Waals surface area contributed by atoms with Gasteiger partial charge < -0.3 is 15.6 Å². The van der Waals surface area contributed by atoms with Crippen LogP contribution in [0.1, 0.15) is 16.7 Å². The van der Waals surface area contributed by atoms with Crippen molar-refractivity contribution in [2.45, 2.75) is 11.6 Å². The molecule has 4 rings (SSSR count). The molecule has 27 heavy (non-hydrogen) atoms. The highest BCUT2D eigenvalue weighted by atomic mass is 35.5. The van der Waals surface area contributed by atoms with E-state index in [2.05, 4.69) is 0 Å². The number of benzene rings is 3. The Balaban J connectivity index is 1.95. The van der Waals surface area contributed by atoms with Crippen molar-refractivity contribution in [2.24, 2.45) is 5.73 Å². The van der Waals surface area contributed by atoms with Gasteiger partial charge in [0.2, 0.25) is 0 Å². The first-order valence-electron chi connectivity index (χ1n) is 8.62. The molecule has 3 N–H and O–H groups in total. The summed E-state index contributed by atoms with van der Waals surface area (Å²) < 4.78 is 6.34. The lowest BCUT2D eigenvalue weighted by Crippen LogP contribution is -2.40. The van der Waals surface area contributed by atoms with Gasteiger partial charge in [0.1, 0.15) is 11.6 Å². The number of ether oxygens (including phenoxy) is 1. The van der Waals surface area contributed by atoms with Gasteiger partial charge in [-0.15, -0.1) is 0 Å². The molecule has 0 aliphatic heterocycles. The molecule has 0 saturated carbocycles. The summed E-state index contributed by atoms with van der Waals surface area (Å²) in [4.78, 5) is 11.3. The second kappa shape index (κ2) is 6.82. The number of carboxylic acid groups (broad SMARTS) is 1. The number of carbonyl (C=O) groups is 1. The fraction of sp³-hybridized carbons (Fsp3) is 0.136. The van der Waals surface area contributed by atoms with Crippen LogP contribution in [0.2, 0.25) is 5.02 Å². The summed E-state index contributed by atoms with van der Waals surface area (Å²) in [6.07, 6.45) is 0. The van der Waals surface area contributed by atoms with Gasteiger partial charge in [0.05, 0.1) is 6.61 Å². The van der Waals surface area contributed by atoms with Gasteiger partial charge in [0, 0.05) is 16.1 Å². The number of hydrogen-bond donors (Lipinski definition) is 2. The third kappa shape index (κ3) is 2.82. The first kappa shape index (κ1) is 17.7. The maximum Gasteiger partial charge on any atom is 0.322 e. The van der Waals surface area contributed by atoms with Crippen molar-refractivity contribution in [1.29, 1.82) is 0 Å². The number of hydrogen-bond acceptors (Lipinski definition) is 3. The summed E-state index contributed by atoms with van der Waals surface area (Å²) in [5.74, 6) is -1.10. The van der Waals surface area contributed by atoms with Gasteiger partial charge in [-0.2, -0.15) is 0 Å². The van der Waals surface area contributed by atoms with E-state index in [1.54, 1.807) is 0 Å². The second-order valence-electron chi connectivity index (χ2n) is 6.53. The Bertz CT molecular complexity index is 955. The fourth-order valence-corrected chi connectivity index (χ4v) is 3.84. The van der Waals surface area contributed by atoms with Crippen LogP contribution < -0.4 is 5.73 Å². The van der Waals surface area contributed by atoms with Crippen LogP contribution in [-0.2, 0) is 15.1 Å². The average Bonchev–Trinajstić information content (AvgIpc) is 2.98. The molecule has 0 unspecified atom stereocenters. The minimum atomic E-state index is -1.12. The van der Waals surface area contributed by atoms with Gasteiger partial charge in [-0.25, -0.2) is 0 Å². The Labute approximate surface area is 162 Å². The van der Waals surface area contributed by atoms with Crippen molar-refractivity contribution in [3.8, 4) is 11.1 Å². The molecule has 0 saturated heterocycles. The Morgan fingerprint density at radius 2 is 1.48 bits per heavy atom. The summed E-state index contributed by atoms with van der Waals surface area (Å²) in [5, 5.41) is 9.84. The standard InChI is InChI=1S/C22H18ClNO3/c23-15-11-9-14(10-12-15)22(27-13-20(24)21(25)26)18-7-3-1-5-16(18)17-6-2-4-8-19(17)22/h1-12,20H,13,24H2,(H,25,26)/t20-/m0/s1. The zero-order valence-electron chi connectivity index (χ0n) is 14.4. The number of rotatable bonds is 5. The molecule has 5 heteroatoms. The summed E-state index contributed by atoms with van der Waals surface area (Å²) in [6.45, 7) is -0.124. The van der Waals surface area contributed by atoms with Crippen LogP contribution in [0.3, 0.4) is 0 Å². The minimum absolute atomic E-state index is 0.124. The van der Waals surface area contributed by atoms with E-state index in [1.165, 1.54) is 0 Å². The molecule has 0 bridgehead atoms. The largest absolute Gasteiger partial charge is 0.480 e. The quantitative estimate of drug-likeness (QED) is 0.701. The Kier molecular flexibility index (Phi) is 4.48. The number of halogens is 1. The molecule has 4 nitrogen and oxygen atoms in total. The summed E-state index contributed by atoms with van der Waals surface area (Å²) >= 11 is 6.09. The number of fused-ring (bicyclic) bond motifs is 3. The SMILES string of the molecule is N[C@@H](COC1(c2ccc(Cl)cc2)c2ccccc2-c2ccccc21)C(=O)O. The van der Waals surface area contributed by atoms with Crippen molar-refractivity contribution in [1.82, 2.24) is 0 Å². The lowest BCUT2D eigenvalue weighted by molar-refractivity contribution is -0.141. The highest BCUT2D eigenvalue weighted by Crippen LogP contribution is 2.53. The Hall–Kier alpha value is -2.66. The second-order valence-corrected chi connectivity index (χ2v) is 6.97. The molecule has 3 aromatic carbocycles. The van der Waals surface area contributed by atoms with Crippen molar-refractivity contribution < 1.29 is 14.6 Å². The van der Waals surface area contributed by atoms with Crippen LogP contribution in [0.25, 0.3) is 11.1 Å². The average molecular weight is 380 g/mol. The molecular formula is C22H18ClNO3. The Morgan fingerprint density at radius 3 is 2.00 bits per heavy atom. The van der Waals surface area contributed by atoms with Crippen molar-refractivity contribution in [2.75, 3.05) is 6.61 Å². The molecule has 1 aliphatic carbocycles. The number of nitrogens with two attached hydrogens (primary N) is 1. The predicted octanol–water partition coefficient (Wildman–Crippen LogP) is 4.04. The van der Waals surface area contributed by atoms with Gasteiger partial charge >= 0.3 is 5.97 Å². The lowest BCUT2D eigenvalue weighted by atomic mass is 9.84. The predicted molar refractivity (Wildman–Crippen MR) is 105 cm³/mol. The van der Waals surface area contributed by atoms with Gasteiger partial charge in [0.15, 0.2) is 0 Å². The molecule has 3 aromatic rings. The third-order valence-electron chi connectivity index (χ3n) is 4.95. The topological polar surface area (TPSA) is 72.5 Å². The number of aliphatic carboxylic acids is 1. The molecule has 1 atom stereocenters. The van der Waals surface area contributed by atoms with E-state index in [0.29, 0.717) is 5.02 Å². The van der Waals surface area contributed by atoms with Crippen molar-refractivity contribution in [3.63, 3.8) is 0 Å². The smallest absolute Gasteiger partial charge is 0.322 e. The first-order chi connectivity index (χ1) is 13.0. The molecule has 0 aromatic heterocycles. The molecule has 0 heterocycles. The first-order valence-corrected chi connectivity index (χ1v) is 8.99. The normalized spacial score (nSPS) is 15.0. The molecule has 1 aliphatic rings. The van der Waals surface area contributed by atoms with Crippen LogP contribution in [0, 0.1) is 0 Å². The zero-order chi connectivity index (χ0) is 19.0. The summed E-state index contributed by atoms with van der Waals surface area (Å²) in [6, 6.07) is 22.3. The molecule has 136 valence electrons. The van der Waals surface area contributed by atoms with E-state index in [9.17, 15) is 9.90 Å². The van der Waals surface area contributed by atoms with Gasteiger partial charge in [-0.3, -0.25) is 4.79 Å². The summed E-state index contributed by atoms with van der Waals surface area (Å²) in [5.41, 5.74) is 9.74. The van der Waals surface area contributed by atoms with Crippen LogP contribution >= 0.6 is 11.6 Å². The molecule has 0 amide bonds. The summed E-state index contributed by atoms with van der Waals surface area (Å²) in [7, 11) is 0. The molecule has 0 fully saturated rings. The van der Waals surface area contributed by atoms with Gasteiger partial charge in [-0.05, 0) is 28.8 Å². The zero-order valence-corrected chi connectivity index (χ0v) is 15.2. The number of carboxylic acids is 1. The van der Waals surface area contributed by atoms with Crippen LogP contribution in [0.5, 0.6) is 0 Å². The van der Waals surface area contributed by atoms with Crippen molar-refractivity contribution >= 4 is 17.6 Å². The molecule has 0 spiro atoms. The molecular weight excluding hydrogens is 362 g/mol.